The molecule has 0 amide bonds. The fraction of sp³-hybridized carbons (Fsp3) is 0.0213. The third-order valence-electron chi connectivity index (χ3n) is 8.95. The minimum Gasteiger partial charge on any atom is -0.311 e. The topological polar surface area (TPSA) is 3.24 Å². The Morgan fingerprint density at radius 2 is 0.960 bits per heavy atom. The van der Waals surface area contributed by atoms with E-state index in [4.69, 9.17) is 0 Å². The maximum absolute atomic E-state index is 4.66. The van der Waals surface area contributed by atoms with Crippen LogP contribution in [-0.2, 0) is 0 Å². The van der Waals surface area contributed by atoms with Gasteiger partial charge in [-0.1, -0.05) is 140 Å². The normalized spacial score (nSPS) is 13.8. The molecule has 2 aromatic heterocycles. The largest absolute Gasteiger partial charge is 0.311 e. The third kappa shape index (κ3) is 6.75. The molecule has 0 unspecified atom stereocenters. The lowest BCUT2D eigenvalue weighted by molar-refractivity contribution is 1.24. The Hall–Kier alpha value is -5.74. The monoisotopic (exact) mass is 677 g/mol. The van der Waals surface area contributed by atoms with Crippen molar-refractivity contribution in [3.8, 4) is 41.8 Å². The van der Waals surface area contributed by atoms with Crippen LogP contribution in [-0.4, -0.2) is 0 Å². The van der Waals surface area contributed by atoms with Crippen LogP contribution in [0.15, 0.2) is 194 Å². The first kappa shape index (κ1) is 31.5. The standard InChI is InChI=1S/C47H35NS2/c1-34(33-40-19-11-12-20-43(40)35-13-5-2-6-14-35)48(41-25-21-38(22-26-41)46-31-29-44(49-46)36-15-7-3-8-16-36)42-27-23-39(24-28-42)47-32-30-45(50-47)37-17-9-4-10-18-37/h2-13,15-33H,1,14H2/b40-33-,43-35-. The summed E-state index contributed by atoms with van der Waals surface area (Å²) in [5.74, 6) is 0. The van der Waals surface area contributed by atoms with Crippen molar-refractivity contribution < 1.29 is 0 Å². The molecule has 0 spiro atoms. The van der Waals surface area contributed by atoms with Crippen molar-refractivity contribution >= 4 is 45.7 Å². The van der Waals surface area contributed by atoms with Gasteiger partial charge in [-0.15, -0.1) is 22.7 Å². The molecule has 3 heteroatoms. The lowest BCUT2D eigenvalue weighted by Gasteiger charge is -2.26. The first-order valence-electron chi connectivity index (χ1n) is 16.8. The number of allylic oxidation sites excluding steroid dienone is 5. The summed E-state index contributed by atoms with van der Waals surface area (Å²) in [6.07, 6.45) is 11.8. The van der Waals surface area contributed by atoms with Crippen molar-refractivity contribution in [2.75, 3.05) is 4.90 Å². The zero-order valence-corrected chi connectivity index (χ0v) is 29.2. The number of thiophene rings is 2. The highest BCUT2D eigenvalue weighted by molar-refractivity contribution is 7.19. The molecule has 0 saturated carbocycles. The predicted octanol–water partition coefficient (Wildman–Crippen LogP) is 12.3. The van der Waals surface area contributed by atoms with Gasteiger partial charge in [0.1, 0.15) is 0 Å². The van der Waals surface area contributed by atoms with Crippen molar-refractivity contribution in [1.82, 2.24) is 0 Å². The molecule has 0 N–H and O–H groups in total. The van der Waals surface area contributed by atoms with Crippen LogP contribution in [0.4, 0.5) is 11.4 Å². The van der Waals surface area contributed by atoms with Crippen LogP contribution in [0.3, 0.4) is 0 Å². The summed E-state index contributed by atoms with van der Waals surface area (Å²) in [6, 6.07) is 56.4. The Balaban J connectivity index is 1.15. The van der Waals surface area contributed by atoms with Crippen LogP contribution < -0.4 is 15.3 Å². The smallest absolute Gasteiger partial charge is 0.0461 e. The van der Waals surface area contributed by atoms with E-state index in [0.717, 1.165) is 28.7 Å². The maximum Gasteiger partial charge on any atom is 0.0461 e. The molecule has 2 heterocycles. The molecule has 0 fully saturated rings. The van der Waals surface area contributed by atoms with E-state index in [9.17, 15) is 0 Å². The van der Waals surface area contributed by atoms with Gasteiger partial charge in [-0.05, 0) is 99.3 Å². The summed E-state index contributed by atoms with van der Waals surface area (Å²) in [5, 5.41) is 2.39. The molecule has 0 bridgehead atoms. The first-order chi connectivity index (χ1) is 24.7. The van der Waals surface area contributed by atoms with Crippen LogP contribution >= 0.6 is 22.7 Å². The van der Waals surface area contributed by atoms with E-state index in [0.29, 0.717) is 0 Å². The van der Waals surface area contributed by atoms with Crippen LogP contribution in [0.2, 0.25) is 0 Å². The number of hydrogen-bond acceptors (Lipinski definition) is 3. The molecule has 0 atom stereocenters. The third-order valence-corrected chi connectivity index (χ3v) is 11.3. The van der Waals surface area contributed by atoms with Gasteiger partial charge in [-0.25, -0.2) is 0 Å². The number of rotatable bonds is 8. The van der Waals surface area contributed by atoms with Gasteiger partial charge in [0.05, 0.1) is 0 Å². The van der Waals surface area contributed by atoms with E-state index >= 15 is 0 Å². The predicted molar refractivity (Wildman–Crippen MR) is 218 cm³/mol. The number of benzene rings is 5. The summed E-state index contributed by atoms with van der Waals surface area (Å²) < 4.78 is 0. The van der Waals surface area contributed by atoms with E-state index < -0.39 is 0 Å². The molecule has 0 radical (unpaired) electrons. The Bertz CT molecular complexity index is 2320. The Morgan fingerprint density at radius 3 is 1.44 bits per heavy atom. The molecule has 1 nitrogen and oxygen atoms in total. The van der Waals surface area contributed by atoms with Gasteiger partial charge in [-0.2, -0.15) is 0 Å². The average molecular weight is 678 g/mol. The molecule has 0 aliphatic heterocycles. The second kappa shape index (κ2) is 14.4. The maximum atomic E-state index is 4.66. The van der Waals surface area contributed by atoms with Crippen molar-refractivity contribution in [2.45, 2.75) is 6.42 Å². The van der Waals surface area contributed by atoms with Crippen molar-refractivity contribution in [1.29, 1.82) is 0 Å². The lowest BCUT2D eigenvalue weighted by atomic mass is 10.0. The van der Waals surface area contributed by atoms with Gasteiger partial charge < -0.3 is 4.90 Å². The van der Waals surface area contributed by atoms with Gasteiger partial charge in [0.25, 0.3) is 0 Å². The van der Waals surface area contributed by atoms with Gasteiger partial charge >= 0.3 is 0 Å². The molecule has 7 aromatic rings. The molecule has 8 rings (SSSR count). The summed E-state index contributed by atoms with van der Waals surface area (Å²) in [5.41, 5.74) is 9.25. The Labute approximate surface area is 302 Å². The quantitative estimate of drug-likeness (QED) is 0.155. The number of anilines is 2. The van der Waals surface area contributed by atoms with Crippen LogP contribution in [0.1, 0.15) is 6.42 Å². The first-order valence-corrected chi connectivity index (χ1v) is 18.5. The minimum absolute atomic E-state index is 0.902. The van der Waals surface area contributed by atoms with E-state index in [1.165, 1.54) is 52.6 Å². The zero-order valence-electron chi connectivity index (χ0n) is 27.6. The van der Waals surface area contributed by atoms with Crippen molar-refractivity contribution in [3.63, 3.8) is 0 Å². The van der Waals surface area contributed by atoms with E-state index in [1.807, 2.05) is 22.7 Å². The second-order valence-electron chi connectivity index (χ2n) is 12.2. The molecule has 5 aromatic carbocycles. The fourth-order valence-electron chi connectivity index (χ4n) is 6.40. The van der Waals surface area contributed by atoms with Gasteiger partial charge in [0, 0.05) is 36.6 Å². The summed E-state index contributed by atoms with van der Waals surface area (Å²) in [7, 11) is 0. The van der Waals surface area contributed by atoms with Gasteiger partial charge in [-0.3, -0.25) is 0 Å². The molecule has 1 aliphatic rings. The van der Waals surface area contributed by atoms with E-state index in [-0.39, 0.29) is 0 Å². The van der Waals surface area contributed by atoms with Crippen LogP contribution in [0.5, 0.6) is 0 Å². The Morgan fingerprint density at radius 1 is 0.500 bits per heavy atom. The highest BCUT2D eigenvalue weighted by atomic mass is 32.1. The van der Waals surface area contributed by atoms with Crippen LogP contribution in [0.25, 0.3) is 53.4 Å². The van der Waals surface area contributed by atoms with E-state index in [1.54, 1.807) is 0 Å². The summed E-state index contributed by atoms with van der Waals surface area (Å²) in [4.78, 5) is 7.32. The molecule has 1 aliphatic carbocycles. The molecule has 0 saturated heterocycles. The van der Waals surface area contributed by atoms with E-state index in [2.05, 4.69) is 200 Å². The molecule has 240 valence electrons. The SMILES string of the molecule is C=C(/C=c1/cccc/c1=C1\C=CC=CC1)N(c1ccc(-c2ccc(-c3ccccc3)s2)cc1)c1ccc(-c2ccc(-c3ccccc3)s2)cc1. The average Bonchev–Trinajstić information content (AvgIpc) is 3.89. The van der Waals surface area contributed by atoms with Crippen molar-refractivity contribution in [3.05, 3.63) is 205 Å². The zero-order chi connectivity index (χ0) is 33.7. The molecular formula is C47H35NS2. The highest BCUT2D eigenvalue weighted by Gasteiger charge is 2.14. The van der Waals surface area contributed by atoms with Gasteiger partial charge in [0.2, 0.25) is 0 Å². The lowest BCUT2D eigenvalue weighted by Crippen LogP contribution is -2.28. The van der Waals surface area contributed by atoms with Crippen molar-refractivity contribution in [2.24, 2.45) is 0 Å². The Kier molecular flexibility index (Phi) is 9.08. The highest BCUT2D eigenvalue weighted by Crippen LogP contribution is 2.39. The number of nitrogens with zero attached hydrogens (tertiary/aromatic N) is 1. The summed E-state index contributed by atoms with van der Waals surface area (Å²) >= 11 is 3.65. The van der Waals surface area contributed by atoms with Gasteiger partial charge in [0.15, 0.2) is 0 Å². The minimum atomic E-state index is 0.902. The second-order valence-corrected chi connectivity index (χ2v) is 14.4. The summed E-state index contributed by atoms with van der Waals surface area (Å²) in [6.45, 7) is 4.66. The molecular weight excluding hydrogens is 643 g/mol. The van der Waals surface area contributed by atoms with Crippen LogP contribution in [0, 0.1) is 0 Å². The fourth-order valence-corrected chi connectivity index (χ4v) is 8.44. The number of hydrogen-bond donors (Lipinski definition) is 0. The molecule has 50 heavy (non-hydrogen) atoms.